The number of pyridine rings is 5. The molecular formula is C80H50N8. The summed E-state index contributed by atoms with van der Waals surface area (Å²) in [5.41, 5.74) is 22.0. The lowest BCUT2D eigenvalue weighted by Gasteiger charge is -2.17. The van der Waals surface area contributed by atoms with E-state index in [0.29, 0.717) is 11.4 Å². The van der Waals surface area contributed by atoms with E-state index in [4.69, 9.17) is 24.9 Å². The second-order valence-corrected chi connectivity index (χ2v) is 21.9. The van der Waals surface area contributed by atoms with Gasteiger partial charge in [-0.2, -0.15) is 5.26 Å². The molecule has 0 spiro atoms. The first kappa shape index (κ1) is 51.5. The fourth-order valence-electron chi connectivity index (χ4n) is 12.4. The number of hydrogen-bond acceptors (Lipinski definition) is 6. The molecule has 8 nitrogen and oxygen atoms in total. The second kappa shape index (κ2) is 21.8. The maximum absolute atomic E-state index is 10.6. The zero-order chi connectivity index (χ0) is 58.5. The van der Waals surface area contributed by atoms with Gasteiger partial charge in [0.25, 0.3) is 0 Å². The Bertz CT molecular complexity index is 5110. The van der Waals surface area contributed by atoms with Gasteiger partial charge in [-0.3, -0.25) is 4.57 Å². The zero-order valence-electron chi connectivity index (χ0n) is 47.4. The van der Waals surface area contributed by atoms with E-state index < -0.39 is 0 Å². The van der Waals surface area contributed by atoms with Crippen molar-refractivity contribution in [1.82, 2.24) is 34.1 Å². The summed E-state index contributed by atoms with van der Waals surface area (Å²) in [6, 6.07) is 105. The highest BCUT2D eigenvalue weighted by Gasteiger charge is 2.23. The van der Waals surface area contributed by atoms with E-state index in [-0.39, 0.29) is 0 Å². The average Bonchev–Trinajstić information content (AvgIpc) is 2.34. The lowest BCUT2D eigenvalue weighted by atomic mass is 10.0. The highest BCUT2D eigenvalue weighted by Crippen LogP contribution is 2.43. The fourth-order valence-corrected chi connectivity index (χ4v) is 12.4. The molecule has 0 radical (unpaired) electrons. The van der Waals surface area contributed by atoms with Crippen LogP contribution in [0, 0.1) is 11.3 Å². The Labute approximate surface area is 507 Å². The molecule has 88 heavy (non-hydrogen) atoms. The summed E-state index contributed by atoms with van der Waals surface area (Å²) >= 11 is 0. The lowest BCUT2D eigenvalue weighted by Crippen LogP contribution is -2.04. The molecule has 0 unspecified atom stereocenters. The Morgan fingerprint density at radius 1 is 0.261 bits per heavy atom. The molecule has 0 saturated heterocycles. The van der Waals surface area contributed by atoms with Crippen LogP contribution >= 0.6 is 0 Å². The van der Waals surface area contributed by atoms with Crippen LogP contribution in [0.3, 0.4) is 0 Å². The van der Waals surface area contributed by atoms with E-state index in [1.807, 2.05) is 97.2 Å². The molecule has 0 fully saturated rings. The summed E-state index contributed by atoms with van der Waals surface area (Å²) in [6.07, 6.45) is 2.01. The molecule has 7 heterocycles. The van der Waals surface area contributed by atoms with E-state index in [1.54, 1.807) is 0 Å². The zero-order valence-corrected chi connectivity index (χ0v) is 47.4. The number of nitrogens with zero attached hydrogens (tertiary/aromatic N) is 8. The summed E-state index contributed by atoms with van der Waals surface area (Å²) in [4.78, 5) is 26.6. The quantitative estimate of drug-likeness (QED) is 0.128. The van der Waals surface area contributed by atoms with Crippen molar-refractivity contribution in [2.45, 2.75) is 0 Å². The number of benzene rings is 9. The smallest absolute Gasteiger partial charge is 0.138 e. The summed E-state index contributed by atoms with van der Waals surface area (Å²) in [5.74, 6) is 0.693. The van der Waals surface area contributed by atoms with Crippen LogP contribution in [0.1, 0.15) is 5.56 Å². The predicted molar refractivity (Wildman–Crippen MR) is 358 cm³/mol. The molecule has 0 aliphatic carbocycles. The fraction of sp³-hybridized carbons (Fsp3) is 0. The SMILES string of the molecule is N#Cc1cccc(-c2cc(-n3c4cc(-c5cccc(-c6ccccc6)n5)ccc4c4ccc(-c5cccc(-c6ccccc6)n5)cc43)ncc2-n2c3cc(-c4cccc(-c5ccccc5)n4)ccc3c3ccc(-c4cccc(-c5ccccc5)n4)cc32)c1. The Morgan fingerprint density at radius 2 is 0.568 bits per heavy atom. The number of rotatable bonds is 11. The summed E-state index contributed by atoms with van der Waals surface area (Å²) < 4.78 is 4.61. The van der Waals surface area contributed by atoms with Crippen molar-refractivity contribution in [3.05, 3.63) is 309 Å². The number of hydrogen-bond donors (Lipinski definition) is 0. The van der Waals surface area contributed by atoms with Gasteiger partial charge in [0.2, 0.25) is 0 Å². The Hall–Kier alpha value is -12.2. The predicted octanol–water partition coefficient (Wildman–Crippen LogP) is 19.7. The normalized spacial score (nSPS) is 11.4. The summed E-state index contributed by atoms with van der Waals surface area (Å²) in [7, 11) is 0. The van der Waals surface area contributed by atoms with Gasteiger partial charge in [-0.05, 0) is 96.6 Å². The first-order chi connectivity index (χ1) is 43.5. The molecule has 16 rings (SSSR count). The molecule has 0 N–H and O–H groups in total. The average molecular weight is 1120 g/mol. The Morgan fingerprint density at radius 3 is 0.909 bits per heavy atom. The van der Waals surface area contributed by atoms with E-state index in [2.05, 4.69) is 221 Å². The Balaban J connectivity index is 0.946. The van der Waals surface area contributed by atoms with Crippen LogP contribution < -0.4 is 0 Å². The standard InChI is InChI=1S/C80H50N8/c81-50-52-18-13-27-57(44-52)66-49-80(88-77-47-60(73-34-16-30-69(85-73)55-23-9-3-10-24-55)38-42-64(77)65-43-39-61(48-78(65)88)74-35-17-31-70(86-74)56-25-11-4-12-26-56)82-51-79(66)87-75-45-58(71-32-14-28-67(83-71)53-19-5-1-6-20-53)36-40-62(75)63-41-37-59(46-76(63)87)72-33-15-29-68(84-72)54-21-7-2-8-22-54/h1-49,51H. The van der Waals surface area contributed by atoms with E-state index >= 15 is 0 Å². The van der Waals surface area contributed by atoms with Crippen LogP contribution in [0.15, 0.2) is 303 Å². The van der Waals surface area contributed by atoms with Crippen LogP contribution in [-0.4, -0.2) is 34.1 Å². The van der Waals surface area contributed by atoms with Crippen molar-refractivity contribution in [3.63, 3.8) is 0 Å². The highest BCUT2D eigenvalue weighted by atomic mass is 15.1. The van der Waals surface area contributed by atoms with Crippen molar-refractivity contribution in [3.8, 4) is 119 Å². The third-order valence-electron chi connectivity index (χ3n) is 16.6. The minimum absolute atomic E-state index is 0.545. The second-order valence-electron chi connectivity index (χ2n) is 21.9. The summed E-state index contributed by atoms with van der Waals surface area (Å²) in [6.45, 7) is 0. The van der Waals surface area contributed by atoms with Gasteiger partial charge < -0.3 is 4.57 Å². The Kier molecular flexibility index (Phi) is 12.7. The van der Waals surface area contributed by atoms with Gasteiger partial charge >= 0.3 is 0 Å². The van der Waals surface area contributed by atoms with Gasteiger partial charge in [-0.15, -0.1) is 0 Å². The van der Waals surface area contributed by atoms with Gasteiger partial charge in [-0.1, -0.05) is 206 Å². The molecule has 0 atom stereocenters. The number of aromatic nitrogens is 7. The molecule has 0 saturated carbocycles. The molecule has 410 valence electrons. The van der Waals surface area contributed by atoms with Gasteiger partial charge in [0, 0.05) is 71.6 Å². The molecule has 0 amide bonds. The first-order valence-electron chi connectivity index (χ1n) is 29.3. The molecule has 8 heteroatoms. The lowest BCUT2D eigenvalue weighted by molar-refractivity contribution is 1.06. The van der Waals surface area contributed by atoms with Gasteiger partial charge in [0.05, 0.1) is 91.1 Å². The number of nitriles is 1. The molecule has 16 aromatic rings. The van der Waals surface area contributed by atoms with Gasteiger partial charge in [-0.25, -0.2) is 24.9 Å². The maximum Gasteiger partial charge on any atom is 0.138 e. The van der Waals surface area contributed by atoms with E-state index in [9.17, 15) is 5.26 Å². The van der Waals surface area contributed by atoms with Gasteiger partial charge in [0.15, 0.2) is 0 Å². The van der Waals surface area contributed by atoms with Crippen molar-refractivity contribution in [2.24, 2.45) is 0 Å². The van der Waals surface area contributed by atoms with Crippen LogP contribution in [0.4, 0.5) is 0 Å². The van der Waals surface area contributed by atoms with Crippen LogP contribution in [0.25, 0.3) is 156 Å². The van der Waals surface area contributed by atoms with Crippen molar-refractivity contribution < 1.29 is 0 Å². The van der Waals surface area contributed by atoms with Crippen molar-refractivity contribution in [1.29, 1.82) is 5.26 Å². The topological polar surface area (TPSA) is 98.1 Å². The first-order valence-corrected chi connectivity index (χ1v) is 29.3. The van der Waals surface area contributed by atoms with Crippen LogP contribution in [0.2, 0.25) is 0 Å². The molecule has 0 aliphatic rings. The summed E-state index contributed by atoms with van der Waals surface area (Å²) in [5, 5.41) is 14.8. The van der Waals surface area contributed by atoms with Crippen molar-refractivity contribution >= 4 is 43.6 Å². The van der Waals surface area contributed by atoms with Crippen LogP contribution in [0.5, 0.6) is 0 Å². The molecular weight excluding hydrogens is 1070 g/mol. The third kappa shape index (κ3) is 9.33. The van der Waals surface area contributed by atoms with E-state index in [0.717, 1.165) is 150 Å². The molecule has 9 aromatic carbocycles. The molecule has 0 aliphatic heterocycles. The third-order valence-corrected chi connectivity index (χ3v) is 16.6. The maximum atomic E-state index is 10.6. The number of fused-ring (bicyclic) bond motifs is 6. The van der Waals surface area contributed by atoms with Crippen LogP contribution in [-0.2, 0) is 0 Å². The largest absolute Gasteiger partial charge is 0.307 e. The van der Waals surface area contributed by atoms with Crippen molar-refractivity contribution in [2.75, 3.05) is 0 Å². The monoisotopic (exact) mass is 1120 g/mol. The highest BCUT2D eigenvalue weighted by molar-refractivity contribution is 6.13. The van der Waals surface area contributed by atoms with E-state index in [1.165, 1.54) is 0 Å². The molecule has 0 bridgehead atoms. The minimum atomic E-state index is 0.545. The minimum Gasteiger partial charge on any atom is -0.307 e. The molecule has 7 aromatic heterocycles. The van der Waals surface area contributed by atoms with Gasteiger partial charge in [0.1, 0.15) is 5.82 Å².